The molecule has 0 bridgehead atoms. The molecule has 3 aromatic rings. The topological polar surface area (TPSA) is 61.4 Å². The highest BCUT2D eigenvalue weighted by Gasteiger charge is 2.24. The van der Waals surface area contributed by atoms with Crippen molar-refractivity contribution in [2.24, 2.45) is 0 Å². The van der Waals surface area contributed by atoms with Crippen LogP contribution in [0.5, 0.6) is 0 Å². The second-order valence-electron chi connectivity index (χ2n) is 9.42. The number of rotatable bonds is 7. The molecule has 2 amide bonds. The first-order valence-electron chi connectivity index (χ1n) is 12.2. The van der Waals surface area contributed by atoms with Gasteiger partial charge in [-0.2, -0.15) is 0 Å². The molecule has 1 saturated heterocycles. The van der Waals surface area contributed by atoms with Gasteiger partial charge in [0.2, 0.25) is 0 Å². The van der Waals surface area contributed by atoms with Gasteiger partial charge in [-0.1, -0.05) is 54.6 Å². The van der Waals surface area contributed by atoms with Crippen LogP contribution in [0.2, 0.25) is 0 Å². The highest BCUT2D eigenvalue weighted by atomic mass is 16.2. The Balaban J connectivity index is 1.16. The molecule has 2 N–H and O–H groups in total. The molecule has 5 heteroatoms. The van der Waals surface area contributed by atoms with Gasteiger partial charge in [0.15, 0.2) is 0 Å². The van der Waals surface area contributed by atoms with Crippen LogP contribution < -0.4 is 10.6 Å². The first kappa shape index (κ1) is 22.4. The van der Waals surface area contributed by atoms with E-state index < -0.39 is 0 Å². The molecule has 0 spiro atoms. The van der Waals surface area contributed by atoms with Crippen LogP contribution >= 0.6 is 0 Å². The van der Waals surface area contributed by atoms with Gasteiger partial charge in [0.25, 0.3) is 11.8 Å². The van der Waals surface area contributed by atoms with Gasteiger partial charge in [-0.25, -0.2) is 0 Å². The monoisotopic (exact) mass is 453 g/mol. The van der Waals surface area contributed by atoms with E-state index in [-0.39, 0.29) is 17.9 Å². The first-order chi connectivity index (χ1) is 16.6. The standard InChI is InChI=1S/C29H31N3O2/c33-28(30-26-13-14-26)23-11-9-22(10-12-23)24-7-4-8-25(19-24)29(34)31-27-15-17-32(18-16-27)20-21-5-2-1-3-6-21/h1-12,19,26-27H,13-18,20H2,(H,30,33)(H,31,34). The Bertz CT molecular complexity index is 1130. The van der Waals surface area contributed by atoms with Crippen molar-refractivity contribution < 1.29 is 9.59 Å². The van der Waals surface area contributed by atoms with E-state index >= 15 is 0 Å². The lowest BCUT2D eigenvalue weighted by atomic mass is 10.00. The van der Waals surface area contributed by atoms with Gasteiger partial charge < -0.3 is 10.6 Å². The molecule has 5 nitrogen and oxygen atoms in total. The maximum Gasteiger partial charge on any atom is 0.251 e. The van der Waals surface area contributed by atoms with Gasteiger partial charge in [-0.05, 0) is 66.6 Å². The molecule has 1 aliphatic carbocycles. The third kappa shape index (κ3) is 5.72. The molecular weight excluding hydrogens is 422 g/mol. The van der Waals surface area contributed by atoms with Crippen LogP contribution in [0.3, 0.4) is 0 Å². The van der Waals surface area contributed by atoms with Gasteiger partial charge in [0.1, 0.15) is 0 Å². The summed E-state index contributed by atoms with van der Waals surface area (Å²) < 4.78 is 0. The van der Waals surface area contributed by atoms with Crippen LogP contribution in [0.15, 0.2) is 78.9 Å². The molecule has 0 aromatic heterocycles. The largest absolute Gasteiger partial charge is 0.349 e. The molecule has 2 fully saturated rings. The maximum absolute atomic E-state index is 12.9. The molecule has 1 saturated carbocycles. The second-order valence-corrected chi connectivity index (χ2v) is 9.42. The molecule has 0 unspecified atom stereocenters. The third-order valence-corrected chi connectivity index (χ3v) is 6.69. The predicted octanol–water partition coefficient (Wildman–Crippen LogP) is 4.64. The fraction of sp³-hybridized carbons (Fsp3) is 0.310. The summed E-state index contributed by atoms with van der Waals surface area (Å²) in [6, 6.07) is 26.4. The molecule has 2 aliphatic rings. The van der Waals surface area contributed by atoms with Crippen molar-refractivity contribution in [1.82, 2.24) is 15.5 Å². The summed E-state index contributed by atoms with van der Waals surface area (Å²) in [7, 11) is 0. The predicted molar refractivity (Wildman–Crippen MR) is 135 cm³/mol. The van der Waals surface area contributed by atoms with E-state index in [1.807, 2.05) is 54.6 Å². The van der Waals surface area contributed by atoms with Crippen LogP contribution in [-0.2, 0) is 6.54 Å². The fourth-order valence-electron chi connectivity index (χ4n) is 4.50. The molecule has 1 heterocycles. The van der Waals surface area contributed by atoms with Crippen LogP contribution in [0.4, 0.5) is 0 Å². The maximum atomic E-state index is 12.9. The van der Waals surface area contributed by atoms with Crippen molar-refractivity contribution in [2.75, 3.05) is 13.1 Å². The van der Waals surface area contributed by atoms with Gasteiger partial charge in [0.05, 0.1) is 0 Å². The molecule has 34 heavy (non-hydrogen) atoms. The smallest absolute Gasteiger partial charge is 0.251 e. The van der Waals surface area contributed by atoms with Crippen LogP contribution in [0.25, 0.3) is 11.1 Å². The molecule has 5 rings (SSSR count). The van der Waals surface area contributed by atoms with E-state index in [1.54, 1.807) is 0 Å². The summed E-state index contributed by atoms with van der Waals surface area (Å²) >= 11 is 0. The van der Waals surface area contributed by atoms with Gasteiger partial charge in [-0.3, -0.25) is 14.5 Å². The number of carbonyl (C=O) groups excluding carboxylic acids is 2. The SMILES string of the molecule is O=C(NC1CC1)c1ccc(-c2cccc(C(=O)NC3CCN(Cc4ccccc4)CC3)c2)cc1. The van der Waals surface area contributed by atoms with E-state index in [9.17, 15) is 9.59 Å². The number of hydrogen-bond acceptors (Lipinski definition) is 3. The van der Waals surface area contributed by atoms with Crippen molar-refractivity contribution >= 4 is 11.8 Å². The van der Waals surface area contributed by atoms with Gasteiger partial charge >= 0.3 is 0 Å². The number of nitrogens with one attached hydrogen (secondary N) is 2. The molecule has 0 atom stereocenters. The second kappa shape index (κ2) is 10.2. The minimum atomic E-state index is -0.0243. The average Bonchev–Trinajstić information content (AvgIpc) is 3.70. The zero-order chi connectivity index (χ0) is 23.3. The van der Waals surface area contributed by atoms with E-state index in [0.29, 0.717) is 17.2 Å². The third-order valence-electron chi connectivity index (χ3n) is 6.69. The Kier molecular flexibility index (Phi) is 6.72. The minimum absolute atomic E-state index is 0.0167. The zero-order valence-corrected chi connectivity index (χ0v) is 19.4. The van der Waals surface area contributed by atoms with Crippen LogP contribution in [0, 0.1) is 0 Å². The molecule has 0 radical (unpaired) electrons. The van der Waals surface area contributed by atoms with Crippen molar-refractivity contribution in [1.29, 1.82) is 0 Å². The Hall–Kier alpha value is -3.44. The van der Waals surface area contributed by atoms with Crippen LogP contribution in [-0.4, -0.2) is 41.9 Å². The number of piperidine rings is 1. The van der Waals surface area contributed by atoms with Crippen molar-refractivity contribution in [3.63, 3.8) is 0 Å². The number of benzene rings is 3. The van der Waals surface area contributed by atoms with Crippen molar-refractivity contribution in [2.45, 2.75) is 44.3 Å². The molecular formula is C29H31N3O2. The van der Waals surface area contributed by atoms with Gasteiger partial charge in [0, 0.05) is 42.8 Å². The molecule has 1 aliphatic heterocycles. The summed E-state index contributed by atoms with van der Waals surface area (Å²) in [4.78, 5) is 27.6. The van der Waals surface area contributed by atoms with Gasteiger partial charge in [-0.15, -0.1) is 0 Å². The summed E-state index contributed by atoms with van der Waals surface area (Å²) in [6.45, 7) is 2.94. The Morgan fingerprint density at radius 3 is 2.00 bits per heavy atom. The Labute approximate surface area is 201 Å². The van der Waals surface area contributed by atoms with E-state index in [2.05, 4.69) is 39.8 Å². The number of amides is 2. The summed E-state index contributed by atoms with van der Waals surface area (Å²) in [6.07, 6.45) is 4.07. The summed E-state index contributed by atoms with van der Waals surface area (Å²) in [5, 5.41) is 6.24. The molecule has 174 valence electrons. The number of hydrogen-bond donors (Lipinski definition) is 2. The van der Waals surface area contributed by atoms with Crippen LogP contribution in [0.1, 0.15) is 52.0 Å². The van der Waals surface area contributed by atoms with E-state index in [0.717, 1.165) is 56.4 Å². The quantitative estimate of drug-likeness (QED) is 0.548. The lowest BCUT2D eigenvalue weighted by Gasteiger charge is -2.32. The summed E-state index contributed by atoms with van der Waals surface area (Å²) in [5.74, 6) is -0.0409. The van der Waals surface area contributed by atoms with Crippen molar-refractivity contribution in [3.8, 4) is 11.1 Å². The summed E-state index contributed by atoms with van der Waals surface area (Å²) in [5.41, 5.74) is 4.63. The highest BCUT2D eigenvalue weighted by molar-refractivity contribution is 5.96. The van der Waals surface area contributed by atoms with Crippen molar-refractivity contribution in [3.05, 3.63) is 95.6 Å². The first-order valence-corrected chi connectivity index (χ1v) is 12.2. The normalized spacial score (nSPS) is 16.7. The average molecular weight is 454 g/mol. The Morgan fingerprint density at radius 2 is 1.32 bits per heavy atom. The number of likely N-dealkylation sites (tertiary alicyclic amines) is 1. The fourth-order valence-corrected chi connectivity index (χ4v) is 4.50. The van der Waals surface area contributed by atoms with E-state index in [1.165, 1.54) is 5.56 Å². The highest BCUT2D eigenvalue weighted by Crippen LogP contribution is 2.23. The minimum Gasteiger partial charge on any atom is -0.349 e. The lowest BCUT2D eigenvalue weighted by molar-refractivity contribution is 0.0907. The van der Waals surface area contributed by atoms with E-state index in [4.69, 9.17) is 0 Å². The zero-order valence-electron chi connectivity index (χ0n) is 19.4. The lowest BCUT2D eigenvalue weighted by Crippen LogP contribution is -2.44. The number of carbonyl (C=O) groups is 2. The molecule has 3 aromatic carbocycles. The number of nitrogens with zero attached hydrogens (tertiary/aromatic N) is 1. The Morgan fingerprint density at radius 1 is 0.676 bits per heavy atom.